The van der Waals surface area contributed by atoms with Gasteiger partial charge in [-0.3, -0.25) is 9.69 Å². The first kappa shape index (κ1) is 14.8. The van der Waals surface area contributed by atoms with Crippen molar-refractivity contribution in [2.45, 2.75) is 33.7 Å². The van der Waals surface area contributed by atoms with Crippen LogP contribution in [0.3, 0.4) is 0 Å². The number of benzene rings is 1. The lowest BCUT2D eigenvalue weighted by atomic mass is 10.1. The Labute approximate surface area is 120 Å². The molecule has 0 saturated heterocycles. The maximum Gasteiger partial charge on any atom is 0.180 e. The lowest BCUT2D eigenvalue weighted by molar-refractivity contribution is 0.0893. The Morgan fingerprint density at radius 1 is 1.20 bits per heavy atom. The highest BCUT2D eigenvalue weighted by molar-refractivity contribution is 6.08. The molecule has 0 spiro atoms. The minimum absolute atomic E-state index is 0.129. The van der Waals surface area contributed by atoms with Gasteiger partial charge in [-0.25, -0.2) is 0 Å². The van der Waals surface area contributed by atoms with Crippen LogP contribution in [0.4, 0.5) is 0 Å². The van der Waals surface area contributed by atoms with E-state index < -0.39 is 0 Å². The highest BCUT2D eigenvalue weighted by Gasteiger charge is 2.19. The molecule has 0 fully saturated rings. The second-order valence-corrected chi connectivity index (χ2v) is 5.99. The fraction of sp³-hybridized carbons (Fsp3) is 0.471. The summed E-state index contributed by atoms with van der Waals surface area (Å²) in [5, 5.41) is 0.908. The molecule has 0 unspecified atom stereocenters. The number of hydrogen-bond donors (Lipinski definition) is 0. The summed E-state index contributed by atoms with van der Waals surface area (Å²) >= 11 is 0. The minimum Gasteiger partial charge on any atom is -0.464 e. The monoisotopic (exact) mass is 273 g/mol. The molecule has 1 aromatic heterocycles. The van der Waals surface area contributed by atoms with Gasteiger partial charge in [0, 0.05) is 18.0 Å². The summed E-state index contributed by atoms with van der Waals surface area (Å²) in [6, 6.07) is 8.04. The van der Waals surface area contributed by atoms with Crippen molar-refractivity contribution in [1.29, 1.82) is 0 Å². The van der Waals surface area contributed by atoms with Crippen molar-refractivity contribution < 1.29 is 9.21 Å². The zero-order chi connectivity index (χ0) is 14.7. The zero-order valence-electron chi connectivity index (χ0n) is 12.7. The first-order valence-electron chi connectivity index (χ1n) is 7.22. The van der Waals surface area contributed by atoms with Crippen LogP contribution < -0.4 is 0 Å². The summed E-state index contributed by atoms with van der Waals surface area (Å²) in [6.07, 6.45) is 1.58. The third kappa shape index (κ3) is 3.28. The molecule has 0 atom stereocenters. The normalized spacial score (nSPS) is 11.9. The maximum atomic E-state index is 12.5. The SMILES string of the molecule is CC(C)CN(CC(=O)c1coc2ccccc12)C(C)C. The Morgan fingerprint density at radius 3 is 2.55 bits per heavy atom. The van der Waals surface area contributed by atoms with Crippen molar-refractivity contribution in [2.75, 3.05) is 13.1 Å². The van der Waals surface area contributed by atoms with Crippen LogP contribution in [0.1, 0.15) is 38.1 Å². The van der Waals surface area contributed by atoms with Crippen molar-refractivity contribution in [3.8, 4) is 0 Å². The van der Waals surface area contributed by atoms with E-state index in [2.05, 4.69) is 32.6 Å². The molecule has 2 rings (SSSR count). The summed E-state index contributed by atoms with van der Waals surface area (Å²) in [6.45, 7) is 9.98. The van der Waals surface area contributed by atoms with Gasteiger partial charge in [-0.05, 0) is 25.8 Å². The van der Waals surface area contributed by atoms with Gasteiger partial charge in [-0.2, -0.15) is 0 Å². The first-order chi connectivity index (χ1) is 9.49. The molecule has 0 bridgehead atoms. The van der Waals surface area contributed by atoms with Gasteiger partial charge in [0.15, 0.2) is 5.78 Å². The molecule has 0 aliphatic rings. The molecule has 1 aromatic carbocycles. The van der Waals surface area contributed by atoms with Crippen molar-refractivity contribution in [3.63, 3.8) is 0 Å². The highest BCUT2D eigenvalue weighted by atomic mass is 16.3. The number of fused-ring (bicyclic) bond motifs is 1. The van der Waals surface area contributed by atoms with E-state index in [-0.39, 0.29) is 5.78 Å². The number of carbonyl (C=O) groups excluding carboxylic acids is 1. The molecule has 0 saturated carbocycles. The fourth-order valence-electron chi connectivity index (χ4n) is 2.39. The molecule has 3 heteroatoms. The average molecular weight is 273 g/mol. The molecule has 0 amide bonds. The van der Waals surface area contributed by atoms with Crippen molar-refractivity contribution >= 4 is 16.8 Å². The van der Waals surface area contributed by atoms with E-state index in [0.717, 1.165) is 17.5 Å². The standard InChI is InChI=1S/C17H23NO2/c1-12(2)9-18(13(3)4)10-16(19)15-11-20-17-8-6-5-7-14(15)17/h5-8,11-13H,9-10H2,1-4H3. The van der Waals surface area contributed by atoms with Crippen LogP contribution >= 0.6 is 0 Å². The van der Waals surface area contributed by atoms with Gasteiger partial charge in [0.25, 0.3) is 0 Å². The molecular weight excluding hydrogens is 250 g/mol. The number of furan rings is 1. The first-order valence-corrected chi connectivity index (χ1v) is 7.22. The van der Waals surface area contributed by atoms with Crippen LogP contribution in [0.25, 0.3) is 11.0 Å². The van der Waals surface area contributed by atoms with Gasteiger partial charge >= 0.3 is 0 Å². The van der Waals surface area contributed by atoms with Gasteiger partial charge in [0.1, 0.15) is 11.8 Å². The Morgan fingerprint density at radius 2 is 1.90 bits per heavy atom. The Kier molecular flexibility index (Phi) is 4.61. The van der Waals surface area contributed by atoms with E-state index in [0.29, 0.717) is 24.1 Å². The van der Waals surface area contributed by atoms with E-state index in [1.165, 1.54) is 0 Å². The second kappa shape index (κ2) is 6.23. The van der Waals surface area contributed by atoms with Crippen LogP contribution in [0.15, 0.2) is 34.9 Å². The highest BCUT2D eigenvalue weighted by Crippen LogP contribution is 2.21. The van der Waals surface area contributed by atoms with E-state index in [1.807, 2.05) is 24.3 Å². The Bertz CT molecular complexity index is 583. The molecule has 2 aromatic rings. The molecule has 20 heavy (non-hydrogen) atoms. The average Bonchev–Trinajstić information content (AvgIpc) is 2.81. The molecule has 0 N–H and O–H groups in total. The van der Waals surface area contributed by atoms with E-state index >= 15 is 0 Å². The summed E-state index contributed by atoms with van der Waals surface area (Å²) < 4.78 is 5.45. The second-order valence-electron chi connectivity index (χ2n) is 5.99. The summed E-state index contributed by atoms with van der Waals surface area (Å²) in [5.74, 6) is 0.676. The smallest absolute Gasteiger partial charge is 0.180 e. The number of ketones is 1. The number of para-hydroxylation sites is 1. The maximum absolute atomic E-state index is 12.5. The van der Waals surface area contributed by atoms with Crippen LogP contribution in [0.2, 0.25) is 0 Å². The third-order valence-corrected chi connectivity index (χ3v) is 3.46. The molecule has 3 nitrogen and oxygen atoms in total. The molecule has 0 aliphatic heterocycles. The van der Waals surface area contributed by atoms with Crippen LogP contribution in [0, 0.1) is 5.92 Å². The lowest BCUT2D eigenvalue weighted by Gasteiger charge is -2.27. The van der Waals surface area contributed by atoms with E-state index in [1.54, 1.807) is 6.26 Å². The van der Waals surface area contributed by atoms with Crippen LogP contribution in [0.5, 0.6) is 0 Å². The third-order valence-electron chi connectivity index (χ3n) is 3.46. The number of rotatable bonds is 6. The zero-order valence-corrected chi connectivity index (χ0v) is 12.7. The molecule has 0 radical (unpaired) electrons. The summed E-state index contributed by atoms with van der Waals surface area (Å²) in [7, 11) is 0. The summed E-state index contributed by atoms with van der Waals surface area (Å²) in [5.41, 5.74) is 1.46. The van der Waals surface area contributed by atoms with Gasteiger partial charge in [0.05, 0.1) is 12.1 Å². The Balaban J connectivity index is 2.18. The number of hydrogen-bond acceptors (Lipinski definition) is 3. The topological polar surface area (TPSA) is 33.5 Å². The molecule has 1 heterocycles. The predicted octanol–water partition coefficient (Wildman–Crippen LogP) is 3.98. The number of carbonyl (C=O) groups is 1. The predicted molar refractivity (Wildman–Crippen MR) is 82.1 cm³/mol. The van der Waals surface area contributed by atoms with Gasteiger partial charge in [-0.15, -0.1) is 0 Å². The lowest BCUT2D eigenvalue weighted by Crippen LogP contribution is -2.38. The molecule has 108 valence electrons. The van der Waals surface area contributed by atoms with Crippen LogP contribution in [-0.2, 0) is 0 Å². The fourth-order valence-corrected chi connectivity index (χ4v) is 2.39. The van der Waals surface area contributed by atoms with E-state index in [9.17, 15) is 4.79 Å². The minimum atomic E-state index is 0.129. The quantitative estimate of drug-likeness (QED) is 0.746. The largest absolute Gasteiger partial charge is 0.464 e. The van der Waals surface area contributed by atoms with Crippen molar-refractivity contribution in [2.24, 2.45) is 5.92 Å². The van der Waals surface area contributed by atoms with Gasteiger partial charge in [-0.1, -0.05) is 32.0 Å². The van der Waals surface area contributed by atoms with Gasteiger partial charge < -0.3 is 4.42 Å². The van der Waals surface area contributed by atoms with Crippen LogP contribution in [-0.4, -0.2) is 29.8 Å². The summed E-state index contributed by atoms with van der Waals surface area (Å²) in [4.78, 5) is 14.7. The number of nitrogens with zero attached hydrogens (tertiary/aromatic N) is 1. The van der Waals surface area contributed by atoms with Crippen molar-refractivity contribution in [3.05, 3.63) is 36.1 Å². The molecular formula is C17H23NO2. The Hall–Kier alpha value is -1.61. The van der Waals surface area contributed by atoms with Crippen molar-refractivity contribution in [1.82, 2.24) is 4.90 Å². The van der Waals surface area contributed by atoms with E-state index in [4.69, 9.17) is 4.42 Å². The number of Topliss-reactive ketones (excluding diaryl/α,β-unsaturated/α-hetero) is 1. The van der Waals surface area contributed by atoms with Gasteiger partial charge in [0.2, 0.25) is 0 Å². The molecule has 0 aliphatic carbocycles.